The van der Waals surface area contributed by atoms with Gasteiger partial charge in [-0.25, -0.2) is 4.79 Å². The molecule has 1 atom stereocenters. The van der Waals surface area contributed by atoms with E-state index in [1.54, 1.807) is 12.1 Å². The van der Waals surface area contributed by atoms with Crippen LogP contribution in [-0.2, 0) is 6.42 Å². The fraction of sp³-hybridized carbons (Fsp3) is 0.222. The molecule has 5 nitrogen and oxygen atoms in total. The molecule has 5 heteroatoms. The number of aromatic hydroxyl groups is 1. The van der Waals surface area contributed by atoms with E-state index in [0.717, 1.165) is 5.56 Å². The zero-order valence-corrected chi connectivity index (χ0v) is 7.34. The lowest BCUT2D eigenvalue weighted by Crippen LogP contribution is -2.34. The molecule has 1 unspecified atom stereocenters. The molecule has 1 rings (SSSR count). The SMILES string of the molecule is O=C(O)NC(O)Cc1ccc(O)cc1. The summed E-state index contributed by atoms with van der Waals surface area (Å²) in [6, 6.07) is 6.18. The fourth-order valence-electron chi connectivity index (χ4n) is 1.05. The molecule has 1 amide bonds. The van der Waals surface area contributed by atoms with Gasteiger partial charge in [0.05, 0.1) is 0 Å². The molecule has 0 saturated heterocycles. The minimum atomic E-state index is -1.27. The molecular formula is C9H11NO4. The summed E-state index contributed by atoms with van der Waals surface area (Å²) in [5, 5.41) is 28.4. The van der Waals surface area contributed by atoms with Gasteiger partial charge in [-0.3, -0.25) is 5.32 Å². The van der Waals surface area contributed by atoms with Gasteiger partial charge in [0.25, 0.3) is 0 Å². The predicted octanol–water partition coefficient (Wildman–Crippen LogP) is 0.521. The lowest BCUT2D eigenvalue weighted by molar-refractivity contribution is 0.121. The summed E-state index contributed by atoms with van der Waals surface area (Å²) in [6.07, 6.45) is -2.22. The molecular weight excluding hydrogens is 186 g/mol. The Balaban J connectivity index is 2.51. The van der Waals surface area contributed by atoms with Gasteiger partial charge in [-0.2, -0.15) is 0 Å². The van der Waals surface area contributed by atoms with Crippen LogP contribution in [0.15, 0.2) is 24.3 Å². The molecule has 76 valence electrons. The van der Waals surface area contributed by atoms with Crippen LogP contribution in [-0.4, -0.2) is 27.6 Å². The van der Waals surface area contributed by atoms with Crippen molar-refractivity contribution in [2.24, 2.45) is 0 Å². The highest BCUT2D eigenvalue weighted by molar-refractivity contribution is 5.64. The largest absolute Gasteiger partial charge is 0.508 e. The first-order chi connectivity index (χ1) is 6.58. The fourth-order valence-corrected chi connectivity index (χ4v) is 1.05. The van der Waals surface area contributed by atoms with Crippen molar-refractivity contribution in [1.82, 2.24) is 5.32 Å². The van der Waals surface area contributed by atoms with Crippen molar-refractivity contribution in [3.05, 3.63) is 29.8 Å². The van der Waals surface area contributed by atoms with Crippen LogP contribution in [0.3, 0.4) is 0 Å². The molecule has 0 heterocycles. The van der Waals surface area contributed by atoms with Crippen molar-refractivity contribution >= 4 is 6.09 Å². The van der Waals surface area contributed by atoms with Gasteiger partial charge in [-0.1, -0.05) is 12.1 Å². The summed E-state index contributed by atoms with van der Waals surface area (Å²) in [4.78, 5) is 10.1. The second-order valence-electron chi connectivity index (χ2n) is 2.84. The zero-order chi connectivity index (χ0) is 10.6. The van der Waals surface area contributed by atoms with Gasteiger partial charge in [0.1, 0.15) is 12.0 Å². The van der Waals surface area contributed by atoms with Gasteiger partial charge >= 0.3 is 6.09 Å². The maximum Gasteiger partial charge on any atom is 0.406 e. The number of amides is 1. The number of hydrogen-bond donors (Lipinski definition) is 4. The second-order valence-corrected chi connectivity index (χ2v) is 2.84. The Kier molecular flexibility index (Phi) is 3.30. The molecule has 0 radical (unpaired) electrons. The van der Waals surface area contributed by atoms with Gasteiger partial charge in [-0.15, -0.1) is 0 Å². The lowest BCUT2D eigenvalue weighted by atomic mass is 10.1. The average Bonchev–Trinajstić information content (AvgIpc) is 2.07. The summed E-state index contributed by atoms with van der Waals surface area (Å²) in [6.45, 7) is 0. The molecule has 1 aromatic rings. The van der Waals surface area contributed by atoms with E-state index in [0.29, 0.717) is 0 Å². The van der Waals surface area contributed by atoms with E-state index in [9.17, 15) is 9.90 Å². The Morgan fingerprint density at radius 1 is 1.36 bits per heavy atom. The second kappa shape index (κ2) is 4.48. The molecule has 0 saturated carbocycles. The minimum absolute atomic E-state index is 0.134. The number of aliphatic hydroxyl groups excluding tert-OH is 1. The average molecular weight is 197 g/mol. The number of phenolic OH excluding ortho intramolecular Hbond substituents is 1. The minimum Gasteiger partial charge on any atom is -0.508 e. The van der Waals surface area contributed by atoms with Gasteiger partial charge < -0.3 is 15.3 Å². The maximum absolute atomic E-state index is 10.1. The first-order valence-electron chi connectivity index (χ1n) is 4.03. The van der Waals surface area contributed by atoms with E-state index < -0.39 is 12.3 Å². The van der Waals surface area contributed by atoms with Crippen LogP contribution >= 0.6 is 0 Å². The lowest BCUT2D eigenvalue weighted by Gasteiger charge is -2.09. The van der Waals surface area contributed by atoms with Crippen molar-refractivity contribution in [1.29, 1.82) is 0 Å². The molecule has 0 spiro atoms. The molecule has 0 bridgehead atoms. The Hall–Kier alpha value is -1.75. The highest BCUT2D eigenvalue weighted by Crippen LogP contribution is 2.10. The highest BCUT2D eigenvalue weighted by Gasteiger charge is 2.07. The monoisotopic (exact) mass is 197 g/mol. The van der Waals surface area contributed by atoms with E-state index in [4.69, 9.17) is 10.2 Å². The van der Waals surface area contributed by atoms with Crippen molar-refractivity contribution in [2.75, 3.05) is 0 Å². The highest BCUT2D eigenvalue weighted by atomic mass is 16.4. The quantitative estimate of drug-likeness (QED) is 0.532. The van der Waals surface area contributed by atoms with Crippen molar-refractivity contribution in [3.63, 3.8) is 0 Å². The normalized spacial score (nSPS) is 12.1. The third-order valence-corrected chi connectivity index (χ3v) is 1.66. The Bertz CT molecular complexity index is 309. The standard InChI is InChI=1S/C9H11NO4/c11-7-3-1-6(2-4-7)5-8(12)10-9(13)14/h1-4,8,10-12H,5H2,(H,13,14). The van der Waals surface area contributed by atoms with Crippen LogP contribution in [0.5, 0.6) is 5.75 Å². The van der Waals surface area contributed by atoms with Gasteiger partial charge in [0.15, 0.2) is 0 Å². The van der Waals surface area contributed by atoms with E-state index in [1.807, 2.05) is 5.32 Å². The molecule has 0 fully saturated rings. The first-order valence-corrected chi connectivity index (χ1v) is 4.03. The smallest absolute Gasteiger partial charge is 0.406 e. The van der Waals surface area contributed by atoms with Crippen molar-refractivity contribution in [3.8, 4) is 5.75 Å². The number of carboxylic acid groups (broad SMARTS) is 1. The molecule has 0 aliphatic rings. The third-order valence-electron chi connectivity index (χ3n) is 1.66. The van der Waals surface area contributed by atoms with Crippen LogP contribution < -0.4 is 5.32 Å². The van der Waals surface area contributed by atoms with Crippen molar-refractivity contribution in [2.45, 2.75) is 12.6 Å². The summed E-state index contributed by atoms with van der Waals surface area (Å²) >= 11 is 0. The Morgan fingerprint density at radius 2 is 1.93 bits per heavy atom. The number of carbonyl (C=O) groups is 1. The number of hydrogen-bond acceptors (Lipinski definition) is 3. The first kappa shape index (κ1) is 10.3. The Labute approximate surface area is 80.6 Å². The molecule has 0 aromatic heterocycles. The third kappa shape index (κ3) is 3.32. The van der Waals surface area contributed by atoms with Gasteiger partial charge in [0.2, 0.25) is 0 Å². The van der Waals surface area contributed by atoms with Crippen molar-refractivity contribution < 1.29 is 20.1 Å². The summed E-state index contributed by atoms with van der Waals surface area (Å²) in [5.41, 5.74) is 0.740. The molecule has 0 aliphatic heterocycles. The van der Waals surface area contributed by atoms with Crippen LogP contribution in [0.25, 0.3) is 0 Å². The summed E-state index contributed by atoms with van der Waals surface area (Å²) in [7, 11) is 0. The van der Waals surface area contributed by atoms with Crippen LogP contribution in [0.1, 0.15) is 5.56 Å². The topological polar surface area (TPSA) is 89.8 Å². The number of nitrogens with one attached hydrogen (secondary N) is 1. The molecule has 14 heavy (non-hydrogen) atoms. The van der Waals surface area contributed by atoms with Crippen LogP contribution in [0.2, 0.25) is 0 Å². The molecule has 1 aromatic carbocycles. The number of benzene rings is 1. The summed E-state index contributed by atoms with van der Waals surface area (Å²) < 4.78 is 0. The van der Waals surface area contributed by atoms with E-state index in [1.165, 1.54) is 12.1 Å². The van der Waals surface area contributed by atoms with E-state index in [2.05, 4.69) is 0 Å². The Morgan fingerprint density at radius 3 is 2.43 bits per heavy atom. The van der Waals surface area contributed by atoms with Gasteiger partial charge in [0, 0.05) is 6.42 Å². The predicted molar refractivity (Wildman–Crippen MR) is 49.0 cm³/mol. The van der Waals surface area contributed by atoms with E-state index in [-0.39, 0.29) is 12.2 Å². The molecule has 0 aliphatic carbocycles. The van der Waals surface area contributed by atoms with Crippen LogP contribution in [0.4, 0.5) is 4.79 Å². The van der Waals surface area contributed by atoms with E-state index >= 15 is 0 Å². The molecule has 4 N–H and O–H groups in total. The number of phenols is 1. The zero-order valence-electron chi connectivity index (χ0n) is 7.34. The number of aliphatic hydroxyl groups is 1. The van der Waals surface area contributed by atoms with Crippen LogP contribution in [0, 0.1) is 0 Å². The number of rotatable bonds is 3. The summed E-state index contributed by atoms with van der Waals surface area (Å²) in [5.74, 6) is 0.134. The maximum atomic E-state index is 10.1. The van der Waals surface area contributed by atoms with Gasteiger partial charge in [-0.05, 0) is 17.7 Å².